The maximum atomic E-state index is 12.2. The van der Waals surface area contributed by atoms with Crippen molar-refractivity contribution < 1.29 is 4.79 Å². The van der Waals surface area contributed by atoms with Gasteiger partial charge in [0, 0.05) is 43.1 Å². The van der Waals surface area contributed by atoms with E-state index in [-0.39, 0.29) is 12.1 Å². The third kappa shape index (κ3) is 6.14. The van der Waals surface area contributed by atoms with E-state index in [1.807, 2.05) is 43.3 Å². The zero-order chi connectivity index (χ0) is 17.4. The van der Waals surface area contributed by atoms with E-state index in [1.165, 1.54) is 0 Å². The third-order valence-electron chi connectivity index (χ3n) is 3.41. The third-order valence-corrected chi connectivity index (χ3v) is 3.66. The topological polar surface area (TPSA) is 70.2 Å². The molecule has 6 nitrogen and oxygen atoms in total. The van der Waals surface area contributed by atoms with Crippen molar-refractivity contribution in [2.45, 2.75) is 12.5 Å². The molecule has 1 heterocycles. The summed E-state index contributed by atoms with van der Waals surface area (Å²) in [5.41, 5.74) is 1.86. The average molecular weight is 348 g/mol. The van der Waals surface area contributed by atoms with Crippen molar-refractivity contribution in [1.29, 1.82) is 0 Å². The minimum atomic E-state index is -0.208. The molecule has 1 aromatic heterocycles. The average Bonchev–Trinajstić information content (AvgIpc) is 2.55. The highest BCUT2D eigenvalue weighted by Gasteiger charge is 2.15. The number of nitrogens with one attached hydrogen (secondary N) is 2. The van der Waals surface area contributed by atoms with Crippen molar-refractivity contribution in [2.75, 3.05) is 27.2 Å². The highest BCUT2D eigenvalue weighted by molar-refractivity contribution is 6.30. The monoisotopic (exact) mass is 347 g/mol. The summed E-state index contributed by atoms with van der Waals surface area (Å²) in [6, 6.07) is 7.18. The van der Waals surface area contributed by atoms with Crippen molar-refractivity contribution >= 4 is 17.6 Å². The van der Waals surface area contributed by atoms with E-state index in [0.29, 0.717) is 24.5 Å². The lowest BCUT2D eigenvalue weighted by Crippen LogP contribution is -2.42. The fourth-order valence-electron chi connectivity index (χ4n) is 2.27. The van der Waals surface area contributed by atoms with Gasteiger partial charge in [0.1, 0.15) is 0 Å². The number of urea groups is 1. The molecule has 128 valence electrons. The first-order valence-electron chi connectivity index (χ1n) is 7.74. The minimum absolute atomic E-state index is 0.117. The van der Waals surface area contributed by atoms with E-state index >= 15 is 0 Å². The molecule has 0 aliphatic heterocycles. The van der Waals surface area contributed by atoms with Gasteiger partial charge in [-0.25, -0.2) is 4.79 Å². The zero-order valence-corrected chi connectivity index (χ0v) is 14.6. The lowest BCUT2D eigenvalue weighted by Gasteiger charge is -2.23. The van der Waals surface area contributed by atoms with E-state index in [2.05, 4.69) is 20.6 Å². The number of carbonyl (C=O) groups is 1. The molecule has 0 bridgehead atoms. The maximum absolute atomic E-state index is 12.2. The SMILES string of the molecule is CN(C)CC(NC(=O)NCCc1cnccn1)c1ccc(Cl)cc1. The second-order valence-electron chi connectivity index (χ2n) is 5.71. The molecule has 1 aromatic carbocycles. The van der Waals surface area contributed by atoms with Crippen LogP contribution >= 0.6 is 11.6 Å². The molecule has 0 aliphatic rings. The van der Waals surface area contributed by atoms with E-state index in [1.54, 1.807) is 18.6 Å². The van der Waals surface area contributed by atoms with Crippen LogP contribution < -0.4 is 10.6 Å². The van der Waals surface area contributed by atoms with E-state index in [0.717, 1.165) is 11.3 Å². The normalized spacial score (nSPS) is 12.0. The number of hydrogen-bond donors (Lipinski definition) is 2. The summed E-state index contributed by atoms with van der Waals surface area (Å²) in [7, 11) is 3.94. The molecule has 0 aliphatic carbocycles. The number of hydrogen-bond acceptors (Lipinski definition) is 4. The standard InChI is InChI=1S/C17H22ClN5O/c1-23(2)12-16(13-3-5-14(18)6-4-13)22-17(24)21-8-7-15-11-19-9-10-20-15/h3-6,9-11,16H,7-8,12H2,1-2H3,(H2,21,22,24). The first kappa shape index (κ1) is 18.2. The summed E-state index contributed by atoms with van der Waals surface area (Å²) in [6.07, 6.45) is 5.60. The number of halogens is 1. The molecular formula is C17H22ClN5O. The van der Waals surface area contributed by atoms with Crippen LogP contribution in [0.4, 0.5) is 4.79 Å². The van der Waals surface area contributed by atoms with Gasteiger partial charge in [-0.2, -0.15) is 0 Å². The Morgan fingerprint density at radius 2 is 2.00 bits per heavy atom. The fraction of sp³-hybridized carbons (Fsp3) is 0.353. The summed E-state index contributed by atoms with van der Waals surface area (Å²) >= 11 is 5.93. The van der Waals surface area contributed by atoms with Crippen molar-refractivity contribution in [3.05, 3.63) is 59.1 Å². The molecule has 2 amide bonds. The Balaban J connectivity index is 1.88. The molecule has 1 unspecified atom stereocenters. The molecule has 0 fully saturated rings. The van der Waals surface area contributed by atoms with Crippen LogP contribution in [0.3, 0.4) is 0 Å². The lowest BCUT2D eigenvalue weighted by molar-refractivity contribution is 0.233. The van der Waals surface area contributed by atoms with Crippen LogP contribution in [-0.4, -0.2) is 48.1 Å². The molecular weight excluding hydrogens is 326 g/mol. The van der Waals surface area contributed by atoms with E-state index < -0.39 is 0 Å². The molecule has 24 heavy (non-hydrogen) atoms. The molecule has 2 rings (SSSR count). The van der Waals surface area contributed by atoms with Gasteiger partial charge < -0.3 is 15.5 Å². The van der Waals surface area contributed by atoms with Crippen LogP contribution in [0, 0.1) is 0 Å². The number of likely N-dealkylation sites (N-methyl/N-ethyl adjacent to an activating group) is 1. The fourth-order valence-corrected chi connectivity index (χ4v) is 2.39. The highest BCUT2D eigenvalue weighted by Crippen LogP contribution is 2.17. The summed E-state index contributed by atoms with van der Waals surface area (Å²) in [5.74, 6) is 0. The molecule has 2 aromatic rings. The van der Waals surface area contributed by atoms with E-state index in [9.17, 15) is 4.79 Å². The number of aromatic nitrogens is 2. The van der Waals surface area contributed by atoms with Gasteiger partial charge in [0.2, 0.25) is 0 Å². The summed E-state index contributed by atoms with van der Waals surface area (Å²) in [4.78, 5) is 22.4. The Morgan fingerprint density at radius 3 is 2.62 bits per heavy atom. The molecule has 0 saturated carbocycles. The molecule has 7 heteroatoms. The van der Waals surface area contributed by atoms with E-state index in [4.69, 9.17) is 11.6 Å². The molecule has 0 spiro atoms. The van der Waals surface area contributed by atoms with Gasteiger partial charge in [-0.3, -0.25) is 9.97 Å². The van der Waals surface area contributed by atoms with Gasteiger partial charge in [-0.05, 0) is 31.8 Å². The lowest BCUT2D eigenvalue weighted by atomic mass is 10.1. The molecule has 0 radical (unpaired) electrons. The minimum Gasteiger partial charge on any atom is -0.338 e. The Bertz CT molecular complexity index is 633. The van der Waals surface area contributed by atoms with Gasteiger partial charge in [0.05, 0.1) is 11.7 Å². The van der Waals surface area contributed by atoms with Crippen LogP contribution in [0.25, 0.3) is 0 Å². The van der Waals surface area contributed by atoms with Crippen LogP contribution in [0.1, 0.15) is 17.3 Å². The maximum Gasteiger partial charge on any atom is 0.315 e. The Morgan fingerprint density at radius 1 is 1.25 bits per heavy atom. The summed E-state index contributed by atoms with van der Waals surface area (Å²) in [6.45, 7) is 1.19. The van der Waals surface area contributed by atoms with Crippen molar-refractivity contribution in [3.8, 4) is 0 Å². The van der Waals surface area contributed by atoms with Gasteiger partial charge >= 0.3 is 6.03 Å². The van der Waals surface area contributed by atoms with Crippen molar-refractivity contribution in [3.63, 3.8) is 0 Å². The van der Waals surface area contributed by atoms with Gasteiger partial charge in [-0.1, -0.05) is 23.7 Å². The van der Waals surface area contributed by atoms with Crippen LogP contribution in [0.5, 0.6) is 0 Å². The predicted molar refractivity (Wildman–Crippen MR) is 95.0 cm³/mol. The second-order valence-corrected chi connectivity index (χ2v) is 6.15. The molecule has 2 N–H and O–H groups in total. The second kappa shape index (κ2) is 9.20. The van der Waals surface area contributed by atoms with Crippen LogP contribution in [0.2, 0.25) is 5.02 Å². The number of amides is 2. The first-order valence-corrected chi connectivity index (χ1v) is 8.12. The summed E-state index contributed by atoms with van der Waals surface area (Å²) in [5, 5.41) is 6.53. The van der Waals surface area contributed by atoms with Gasteiger partial charge in [0.15, 0.2) is 0 Å². The molecule has 1 atom stereocenters. The first-order chi connectivity index (χ1) is 11.5. The van der Waals surface area contributed by atoms with Crippen molar-refractivity contribution in [2.24, 2.45) is 0 Å². The quantitative estimate of drug-likeness (QED) is 0.806. The summed E-state index contributed by atoms with van der Waals surface area (Å²) < 4.78 is 0. The van der Waals surface area contributed by atoms with Gasteiger partial charge in [-0.15, -0.1) is 0 Å². The largest absolute Gasteiger partial charge is 0.338 e. The number of carbonyl (C=O) groups excluding carboxylic acids is 1. The smallest absolute Gasteiger partial charge is 0.315 e. The number of nitrogens with zero attached hydrogens (tertiary/aromatic N) is 3. The predicted octanol–water partition coefficient (Wildman–Crippen LogP) is 2.27. The van der Waals surface area contributed by atoms with Gasteiger partial charge in [0.25, 0.3) is 0 Å². The number of rotatable bonds is 7. The number of benzene rings is 1. The van der Waals surface area contributed by atoms with Crippen LogP contribution in [0.15, 0.2) is 42.9 Å². The Hall–Kier alpha value is -2.18. The Labute approximate surface area is 147 Å². The van der Waals surface area contributed by atoms with Crippen molar-refractivity contribution in [1.82, 2.24) is 25.5 Å². The zero-order valence-electron chi connectivity index (χ0n) is 13.9. The highest BCUT2D eigenvalue weighted by atomic mass is 35.5. The van der Waals surface area contributed by atoms with Crippen LogP contribution in [-0.2, 0) is 6.42 Å². The molecule has 0 saturated heterocycles. The Kier molecular flexibility index (Phi) is 6.96.